The summed E-state index contributed by atoms with van der Waals surface area (Å²) in [5.41, 5.74) is 1.21. The maximum Gasteiger partial charge on any atom is 0.334 e. The summed E-state index contributed by atoms with van der Waals surface area (Å²) in [4.78, 5) is 12.7. The monoisotopic (exact) mass is 253 g/mol. The van der Waals surface area contributed by atoms with Gasteiger partial charge in [-0.25, -0.2) is 4.79 Å². The van der Waals surface area contributed by atoms with Crippen LogP contribution in [0.25, 0.3) is 0 Å². The van der Waals surface area contributed by atoms with Gasteiger partial charge in [-0.2, -0.15) is 9.64 Å². The predicted octanol–water partition coefficient (Wildman–Crippen LogP) is 0.613. The number of ether oxygens (including phenoxy) is 1. The fourth-order valence-corrected chi connectivity index (χ4v) is 2.57. The SMILES string of the molecule is Cc1nsc(N2CCOC(C(=O)O)C2)c1C#N. The molecule has 0 spiro atoms. The van der Waals surface area contributed by atoms with Crippen LogP contribution in [-0.4, -0.2) is 41.2 Å². The third-order valence-corrected chi connectivity index (χ3v) is 3.59. The first-order valence-corrected chi connectivity index (χ1v) is 5.86. The lowest BCUT2D eigenvalue weighted by atomic mass is 10.2. The maximum atomic E-state index is 10.9. The Hall–Kier alpha value is -1.65. The molecular weight excluding hydrogens is 242 g/mol. The number of aromatic nitrogens is 1. The number of carboxylic acids is 1. The van der Waals surface area contributed by atoms with Crippen LogP contribution in [0, 0.1) is 18.3 Å². The van der Waals surface area contributed by atoms with Crippen molar-refractivity contribution in [1.82, 2.24) is 4.37 Å². The standard InChI is InChI=1S/C10H11N3O3S/c1-6-7(4-11)9(17-12-6)13-2-3-16-8(5-13)10(14)15/h8H,2-3,5H2,1H3,(H,14,15). The van der Waals surface area contributed by atoms with E-state index in [1.807, 2.05) is 4.90 Å². The lowest BCUT2D eigenvalue weighted by molar-refractivity contribution is -0.150. The van der Waals surface area contributed by atoms with Gasteiger partial charge in [0, 0.05) is 6.54 Å². The highest BCUT2D eigenvalue weighted by atomic mass is 32.1. The van der Waals surface area contributed by atoms with Gasteiger partial charge < -0.3 is 14.7 Å². The molecule has 0 saturated carbocycles. The maximum absolute atomic E-state index is 10.9. The van der Waals surface area contributed by atoms with Crippen LogP contribution in [0.15, 0.2) is 0 Å². The molecule has 0 radical (unpaired) electrons. The van der Waals surface area contributed by atoms with E-state index in [4.69, 9.17) is 15.1 Å². The third-order valence-electron chi connectivity index (χ3n) is 2.59. The zero-order valence-corrected chi connectivity index (χ0v) is 10.0. The zero-order chi connectivity index (χ0) is 12.4. The van der Waals surface area contributed by atoms with E-state index in [1.165, 1.54) is 11.5 Å². The molecule has 1 aromatic heterocycles. The quantitative estimate of drug-likeness (QED) is 0.831. The molecule has 0 aromatic carbocycles. The molecule has 2 rings (SSSR count). The summed E-state index contributed by atoms with van der Waals surface area (Å²) in [6, 6.07) is 2.10. The Morgan fingerprint density at radius 2 is 2.53 bits per heavy atom. The van der Waals surface area contributed by atoms with Crippen LogP contribution in [0.3, 0.4) is 0 Å². The smallest absolute Gasteiger partial charge is 0.334 e. The van der Waals surface area contributed by atoms with E-state index < -0.39 is 12.1 Å². The second kappa shape index (κ2) is 4.69. The summed E-state index contributed by atoms with van der Waals surface area (Å²) in [6.45, 7) is 2.96. The minimum Gasteiger partial charge on any atom is -0.479 e. The molecule has 1 saturated heterocycles. The van der Waals surface area contributed by atoms with Crippen molar-refractivity contribution in [3.8, 4) is 6.07 Å². The van der Waals surface area contributed by atoms with Crippen LogP contribution in [0.5, 0.6) is 0 Å². The third kappa shape index (κ3) is 2.23. The van der Waals surface area contributed by atoms with Gasteiger partial charge in [0.2, 0.25) is 0 Å². The zero-order valence-electron chi connectivity index (χ0n) is 9.21. The minimum atomic E-state index is -0.977. The number of hydrogen-bond acceptors (Lipinski definition) is 6. The molecule has 1 aromatic rings. The lowest BCUT2D eigenvalue weighted by Gasteiger charge is -2.31. The van der Waals surface area contributed by atoms with Crippen LogP contribution >= 0.6 is 11.5 Å². The van der Waals surface area contributed by atoms with Gasteiger partial charge in [-0.15, -0.1) is 0 Å². The fraction of sp³-hybridized carbons (Fsp3) is 0.500. The summed E-state index contributed by atoms with van der Waals surface area (Å²) in [5.74, 6) is -0.977. The number of anilines is 1. The van der Waals surface area contributed by atoms with E-state index in [0.717, 1.165) is 5.00 Å². The van der Waals surface area contributed by atoms with Crippen molar-refractivity contribution in [1.29, 1.82) is 5.26 Å². The number of aryl methyl sites for hydroxylation is 1. The number of rotatable bonds is 2. The molecular formula is C10H11N3O3S. The van der Waals surface area contributed by atoms with Crippen molar-refractivity contribution in [3.05, 3.63) is 11.3 Å². The normalized spacial score (nSPS) is 20.0. The molecule has 1 N–H and O–H groups in total. The van der Waals surface area contributed by atoms with Crippen LogP contribution in [0.1, 0.15) is 11.3 Å². The molecule has 1 fully saturated rings. The molecule has 0 aliphatic carbocycles. The summed E-state index contributed by atoms with van der Waals surface area (Å²) < 4.78 is 9.25. The number of morpholine rings is 1. The molecule has 17 heavy (non-hydrogen) atoms. The summed E-state index contributed by atoms with van der Waals surface area (Å²) >= 11 is 1.23. The highest BCUT2D eigenvalue weighted by molar-refractivity contribution is 7.10. The topological polar surface area (TPSA) is 86.5 Å². The van der Waals surface area contributed by atoms with Crippen LogP contribution < -0.4 is 4.90 Å². The fourth-order valence-electron chi connectivity index (χ4n) is 1.69. The van der Waals surface area contributed by atoms with E-state index >= 15 is 0 Å². The number of nitriles is 1. The molecule has 90 valence electrons. The van der Waals surface area contributed by atoms with Gasteiger partial charge in [0.1, 0.15) is 16.6 Å². The molecule has 7 heteroatoms. The number of nitrogens with zero attached hydrogens (tertiary/aromatic N) is 3. The van der Waals surface area contributed by atoms with Crippen molar-refractivity contribution >= 4 is 22.5 Å². The Kier molecular flexibility index (Phi) is 3.26. The van der Waals surface area contributed by atoms with Gasteiger partial charge in [0.05, 0.1) is 18.8 Å². The average Bonchev–Trinajstić information content (AvgIpc) is 2.70. The highest BCUT2D eigenvalue weighted by Gasteiger charge is 2.28. The highest BCUT2D eigenvalue weighted by Crippen LogP contribution is 2.29. The van der Waals surface area contributed by atoms with E-state index in [9.17, 15) is 4.79 Å². The van der Waals surface area contributed by atoms with Gasteiger partial charge in [0.15, 0.2) is 6.10 Å². The molecule has 2 heterocycles. The summed E-state index contributed by atoms with van der Waals surface area (Å²) in [6.07, 6.45) is -0.835. The summed E-state index contributed by atoms with van der Waals surface area (Å²) in [5, 5.41) is 18.7. The van der Waals surface area contributed by atoms with Gasteiger partial charge in [-0.1, -0.05) is 0 Å². The van der Waals surface area contributed by atoms with Gasteiger partial charge in [-0.05, 0) is 18.5 Å². The Labute approximate surface area is 102 Å². The number of carboxylic acid groups (broad SMARTS) is 1. The number of aliphatic carboxylic acids is 1. The van der Waals surface area contributed by atoms with Crippen molar-refractivity contribution in [2.45, 2.75) is 13.0 Å². The second-order valence-electron chi connectivity index (χ2n) is 3.70. The molecule has 1 atom stereocenters. The first kappa shape index (κ1) is 11.8. The number of carbonyl (C=O) groups is 1. The molecule has 1 aliphatic rings. The Morgan fingerprint density at radius 1 is 1.76 bits per heavy atom. The van der Waals surface area contributed by atoms with Gasteiger partial charge in [0.25, 0.3) is 0 Å². The van der Waals surface area contributed by atoms with Crippen molar-refractivity contribution in [2.24, 2.45) is 0 Å². The summed E-state index contributed by atoms with van der Waals surface area (Å²) in [7, 11) is 0. The largest absolute Gasteiger partial charge is 0.479 e. The van der Waals surface area contributed by atoms with E-state index in [-0.39, 0.29) is 6.54 Å². The van der Waals surface area contributed by atoms with Crippen molar-refractivity contribution in [3.63, 3.8) is 0 Å². The second-order valence-corrected chi connectivity index (χ2v) is 4.46. The number of hydrogen-bond donors (Lipinski definition) is 1. The molecule has 6 nitrogen and oxygen atoms in total. The van der Waals surface area contributed by atoms with Crippen LogP contribution in [0.4, 0.5) is 5.00 Å². The molecule has 1 unspecified atom stereocenters. The van der Waals surface area contributed by atoms with Gasteiger partial charge >= 0.3 is 5.97 Å². The van der Waals surface area contributed by atoms with Crippen LogP contribution in [0.2, 0.25) is 0 Å². The van der Waals surface area contributed by atoms with Gasteiger partial charge in [-0.3, -0.25) is 0 Å². The minimum absolute atomic E-state index is 0.256. The first-order valence-electron chi connectivity index (χ1n) is 5.09. The Balaban J connectivity index is 2.22. The molecule has 0 amide bonds. The molecule has 1 aliphatic heterocycles. The van der Waals surface area contributed by atoms with Crippen molar-refractivity contribution < 1.29 is 14.6 Å². The van der Waals surface area contributed by atoms with Crippen molar-refractivity contribution in [2.75, 3.05) is 24.6 Å². The molecule has 0 bridgehead atoms. The predicted molar refractivity (Wildman–Crippen MR) is 61.2 cm³/mol. The van der Waals surface area contributed by atoms with Crippen LogP contribution in [-0.2, 0) is 9.53 Å². The van der Waals surface area contributed by atoms with E-state index in [1.54, 1.807) is 6.92 Å². The Bertz CT molecular complexity index is 480. The average molecular weight is 253 g/mol. The lowest BCUT2D eigenvalue weighted by Crippen LogP contribution is -2.46. The van der Waals surface area contributed by atoms with E-state index in [0.29, 0.717) is 24.4 Å². The first-order chi connectivity index (χ1) is 8.13. The Morgan fingerprint density at radius 3 is 3.18 bits per heavy atom. The van der Waals surface area contributed by atoms with E-state index in [2.05, 4.69) is 10.4 Å².